The fourth-order valence-electron chi connectivity index (χ4n) is 3.70. The maximum Gasteiger partial charge on any atom is 0.287 e. The number of aromatic nitrogens is 1. The molecule has 0 aliphatic carbocycles. The summed E-state index contributed by atoms with van der Waals surface area (Å²) < 4.78 is 6.30. The number of oxazole rings is 1. The van der Waals surface area contributed by atoms with Gasteiger partial charge in [0.25, 0.3) is 11.6 Å². The average molecular weight is 492 g/mol. The molecule has 34 heavy (non-hydrogen) atoms. The fourth-order valence-corrected chi connectivity index (χ4v) is 5.21. The number of hydrogen-bond donors (Lipinski definition) is 1. The lowest BCUT2D eigenvalue weighted by Gasteiger charge is -2.05. The third-order valence-electron chi connectivity index (χ3n) is 5.69. The number of nitro groups is 1. The number of amides is 1. The van der Waals surface area contributed by atoms with Crippen LogP contribution in [0.5, 0.6) is 0 Å². The lowest BCUT2D eigenvalue weighted by atomic mass is 10.1. The van der Waals surface area contributed by atoms with Crippen molar-refractivity contribution in [2.24, 2.45) is 0 Å². The number of carbonyl (C=O) groups excluding carboxylic acids is 1. The van der Waals surface area contributed by atoms with E-state index in [0.717, 1.165) is 44.7 Å². The van der Waals surface area contributed by atoms with Crippen molar-refractivity contribution in [3.05, 3.63) is 91.3 Å². The molecule has 0 spiro atoms. The largest absolute Gasteiger partial charge is 0.436 e. The van der Waals surface area contributed by atoms with Gasteiger partial charge < -0.3 is 9.73 Å². The zero-order valence-corrected chi connectivity index (χ0v) is 19.8. The van der Waals surface area contributed by atoms with E-state index in [-0.39, 0.29) is 28.0 Å². The van der Waals surface area contributed by atoms with Gasteiger partial charge in [0.05, 0.1) is 9.95 Å². The minimum atomic E-state index is -0.475. The Morgan fingerprint density at radius 1 is 1.15 bits per heavy atom. The lowest BCUT2D eigenvalue weighted by Crippen LogP contribution is -2.22. The van der Waals surface area contributed by atoms with Crippen molar-refractivity contribution in [2.75, 3.05) is 0 Å². The highest BCUT2D eigenvalue weighted by molar-refractivity contribution is 7.22. The number of nitrogens with one attached hydrogen (secondary N) is 1. The van der Waals surface area contributed by atoms with Crippen molar-refractivity contribution in [3.8, 4) is 11.5 Å². The van der Waals surface area contributed by atoms with Crippen LogP contribution in [0.25, 0.3) is 32.6 Å². The summed E-state index contributed by atoms with van der Waals surface area (Å²) in [5.41, 5.74) is 5.51. The van der Waals surface area contributed by atoms with E-state index >= 15 is 0 Å². The molecule has 0 fully saturated rings. The smallest absolute Gasteiger partial charge is 0.287 e. The number of thiophene rings is 1. The number of rotatable bonds is 5. The Balaban J connectivity index is 1.32. The molecule has 170 valence electrons. The molecule has 0 aliphatic heterocycles. The first-order valence-electron chi connectivity index (χ1n) is 10.4. The number of carbonyl (C=O) groups is 1. The molecule has 5 rings (SSSR count). The van der Waals surface area contributed by atoms with E-state index in [1.54, 1.807) is 12.1 Å². The van der Waals surface area contributed by atoms with Gasteiger partial charge in [0.2, 0.25) is 5.89 Å². The summed E-state index contributed by atoms with van der Waals surface area (Å²) in [7, 11) is 0. The van der Waals surface area contributed by atoms with Crippen LogP contribution in [-0.2, 0) is 6.54 Å². The number of non-ortho nitro benzene ring substituents is 1. The highest BCUT2D eigenvalue weighted by atomic mass is 35.5. The second-order valence-electron chi connectivity index (χ2n) is 7.96. The van der Waals surface area contributed by atoms with E-state index in [1.165, 1.54) is 6.07 Å². The number of nitrogens with zero attached hydrogens (tertiary/aromatic N) is 2. The zero-order valence-electron chi connectivity index (χ0n) is 18.2. The maximum atomic E-state index is 12.8. The number of hydrogen-bond acceptors (Lipinski definition) is 6. The summed E-state index contributed by atoms with van der Waals surface area (Å²) in [5, 5.41) is 14.8. The molecular weight excluding hydrogens is 474 g/mol. The third kappa shape index (κ3) is 3.91. The fraction of sp³-hybridized carbons (Fsp3) is 0.120. The Morgan fingerprint density at radius 2 is 1.88 bits per heavy atom. The third-order valence-corrected chi connectivity index (χ3v) is 7.43. The Kier molecular flexibility index (Phi) is 5.55. The monoisotopic (exact) mass is 491 g/mol. The van der Waals surface area contributed by atoms with E-state index < -0.39 is 4.92 Å². The van der Waals surface area contributed by atoms with Crippen LogP contribution in [0.3, 0.4) is 0 Å². The van der Waals surface area contributed by atoms with Crippen LogP contribution < -0.4 is 5.32 Å². The van der Waals surface area contributed by atoms with Gasteiger partial charge in [0.1, 0.15) is 15.1 Å². The van der Waals surface area contributed by atoms with Crippen LogP contribution in [0.2, 0.25) is 5.02 Å². The van der Waals surface area contributed by atoms with E-state index in [9.17, 15) is 14.9 Å². The SMILES string of the molecule is Cc1cc2nc(-c3ccc(CNC(=O)c4sc5c([N+](=O)[O-])cccc5c4Cl)cc3)oc2cc1C. The first-order valence-corrected chi connectivity index (χ1v) is 11.6. The Morgan fingerprint density at radius 3 is 2.62 bits per heavy atom. The van der Waals surface area contributed by atoms with Crippen LogP contribution in [0.15, 0.2) is 59.0 Å². The Bertz CT molecular complexity index is 1550. The molecule has 0 bridgehead atoms. The van der Waals surface area contributed by atoms with Crippen molar-refractivity contribution in [2.45, 2.75) is 20.4 Å². The average Bonchev–Trinajstić information content (AvgIpc) is 3.38. The molecule has 1 amide bonds. The quantitative estimate of drug-likeness (QED) is 0.215. The molecule has 1 N–H and O–H groups in total. The Hall–Kier alpha value is -3.75. The zero-order chi connectivity index (χ0) is 24.0. The van der Waals surface area contributed by atoms with E-state index in [4.69, 9.17) is 16.0 Å². The van der Waals surface area contributed by atoms with Gasteiger partial charge in [-0.15, -0.1) is 11.3 Å². The van der Waals surface area contributed by atoms with E-state index in [1.807, 2.05) is 50.2 Å². The van der Waals surface area contributed by atoms with Crippen molar-refractivity contribution in [1.82, 2.24) is 10.3 Å². The first-order chi connectivity index (χ1) is 16.3. The van der Waals surface area contributed by atoms with Crippen LogP contribution in [0.1, 0.15) is 26.4 Å². The van der Waals surface area contributed by atoms with Gasteiger partial charge in [-0.3, -0.25) is 14.9 Å². The van der Waals surface area contributed by atoms with Gasteiger partial charge in [-0.25, -0.2) is 4.98 Å². The molecule has 2 aromatic heterocycles. The summed E-state index contributed by atoms with van der Waals surface area (Å²) in [6.45, 7) is 4.35. The van der Waals surface area contributed by atoms with Gasteiger partial charge >= 0.3 is 0 Å². The minimum Gasteiger partial charge on any atom is -0.436 e. The van der Waals surface area contributed by atoms with Crippen molar-refractivity contribution >= 4 is 55.7 Å². The molecule has 0 atom stereocenters. The second-order valence-corrected chi connectivity index (χ2v) is 9.36. The lowest BCUT2D eigenvalue weighted by molar-refractivity contribution is -0.382. The minimum absolute atomic E-state index is 0.0662. The van der Waals surface area contributed by atoms with Gasteiger partial charge in [0.15, 0.2) is 5.58 Å². The van der Waals surface area contributed by atoms with E-state index in [2.05, 4.69) is 10.3 Å². The second kappa shape index (κ2) is 8.55. The number of benzene rings is 3. The molecular formula is C25H18ClN3O4S. The molecule has 5 aromatic rings. The topological polar surface area (TPSA) is 98.3 Å². The molecule has 0 saturated carbocycles. The molecule has 2 heterocycles. The normalized spacial score (nSPS) is 11.3. The molecule has 0 aliphatic rings. The predicted octanol–water partition coefficient (Wildman–Crippen LogP) is 6.82. The highest BCUT2D eigenvalue weighted by Gasteiger charge is 2.22. The van der Waals surface area contributed by atoms with Gasteiger partial charge in [0, 0.05) is 23.6 Å². The summed E-state index contributed by atoms with van der Waals surface area (Å²) in [6, 6.07) is 16.2. The Labute approximate surface area is 203 Å². The number of nitro benzene ring substituents is 1. The summed E-state index contributed by atoms with van der Waals surface area (Å²) in [5.74, 6) is 0.156. The maximum absolute atomic E-state index is 12.8. The van der Waals surface area contributed by atoms with Crippen LogP contribution in [0, 0.1) is 24.0 Å². The van der Waals surface area contributed by atoms with Crippen LogP contribution in [-0.4, -0.2) is 15.8 Å². The van der Waals surface area contributed by atoms with Crippen molar-refractivity contribution in [1.29, 1.82) is 0 Å². The van der Waals surface area contributed by atoms with Crippen molar-refractivity contribution in [3.63, 3.8) is 0 Å². The summed E-state index contributed by atoms with van der Waals surface area (Å²) in [6.07, 6.45) is 0. The predicted molar refractivity (Wildman–Crippen MR) is 134 cm³/mol. The first kappa shape index (κ1) is 22.1. The number of halogens is 1. The standard InChI is InChI=1S/C25H18ClN3O4S/c1-13-10-18-20(11-14(13)2)33-25(28-18)16-8-6-15(7-9-16)12-27-24(30)23-21(26)17-4-3-5-19(29(31)32)22(17)34-23/h3-11H,12H2,1-2H3,(H,27,30). The van der Waals surface area contributed by atoms with Gasteiger partial charge in [-0.1, -0.05) is 35.9 Å². The molecule has 0 unspecified atom stereocenters. The highest BCUT2D eigenvalue weighted by Crippen LogP contribution is 2.40. The number of aryl methyl sites for hydroxylation is 2. The summed E-state index contributed by atoms with van der Waals surface area (Å²) >= 11 is 7.38. The van der Waals surface area contributed by atoms with Crippen LogP contribution in [0.4, 0.5) is 5.69 Å². The van der Waals surface area contributed by atoms with Gasteiger partial charge in [-0.05, 0) is 54.8 Å². The number of fused-ring (bicyclic) bond motifs is 2. The van der Waals surface area contributed by atoms with Crippen molar-refractivity contribution < 1.29 is 14.1 Å². The molecule has 9 heteroatoms. The molecule has 0 radical (unpaired) electrons. The van der Waals surface area contributed by atoms with Crippen LogP contribution >= 0.6 is 22.9 Å². The van der Waals surface area contributed by atoms with Gasteiger partial charge in [-0.2, -0.15) is 0 Å². The molecule has 0 saturated heterocycles. The van der Waals surface area contributed by atoms with E-state index in [0.29, 0.717) is 16.0 Å². The summed E-state index contributed by atoms with van der Waals surface area (Å²) in [4.78, 5) is 28.4. The molecule has 3 aromatic carbocycles. The molecule has 7 nitrogen and oxygen atoms in total.